The smallest absolute Gasteiger partial charge is 0.281 e. The molecule has 2 fully saturated rings. The number of aliphatic hydroxyl groups is 1. The summed E-state index contributed by atoms with van der Waals surface area (Å²) < 4.78 is 34.2. The fourth-order valence-corrected chi connectivity index (χ4v) is 5.29. The number of nitrogens with zero attached hydrogens (tertiary/aromatic N) is 2. The van der Waals surface area contributed by atoms with Gasteiger partial charge < -0.3 is 9.84 Å². The number of rotatable bonds is 5. The third kappa shape index (κ3) is 4.39. The van der Waals surface area contributed by atoms with Crippen molar-refractivity contribution in [3.63, 3.8) is 0 Å². The summed E-state index contributed by atoms with van der Waals surface area (Å²) in [6, 6.07) is 0. The Labute approximate surface area is 128 Å². The largest absolute Gasteiger partial charge is 0.394 e. The first-order valence-corrected chi connectivity index (χ1v) is 9.31. The fraction of sp³-hybridized carbons (Fsp3) is 1.00. The van der Waals surface area contributed by atoms with Crippen molar-refractivity contribution in [1.29, 1.82) is 0 Å². The summed E-state index contributed by atoms with van der Waals surface area (Å²) in [6.07, 6.45) is 2.59. The van der Waals surface area contributed by atoms with Crippen LogP contribution in [0.1, 0.15) is 33.1 Å². The van der Waals surface area contributed by atoms with E-state index in [0.717, 1.165) is 6.42 Å². The van der Waals surface area contributed by atoms with Gasteiger partial charge in [0.05, 0.1) is 19.3 Å². The molecule has 2 aliphatic heterocycles. The van der Waals surface area contributed by atoms with Crippen LogP contribution in [0.5, 0.6) is 0 Å². The molecule has 2 saturated heterocycles. The Bertz CT molecular complexity index is 411. The van der Waals surface area contributed by atoms with Crippen LogP contribution < -0.4 is 0 Å². The first-order valence-electron chi connectivity index (χ1n) is 7.91. The van der Waals surface area contributed by atoms with Gasteiger partial charge in [0, 0.05) is 26.2 Å². The lowest BCUT2D eigenvalue weighted by molar-refractivity contribution is 0.00230. The molecule has 2 aliphatic rings. The van der Waals surface area contributed by atoms with E-state index in [1.807, 2.05) is 0 Å². The molecule has 124 valence electrons. The maximum Gasteiger partial charge on any atom is 0.281 e. The molecule has 0 aliphatic carbocycles. The molecule has 0 aromatic carbocycles. The molecular formula is C14H28N2O4S. The van der Waals surface area contributed by atoms with Gasteiger partial charge in [0.2, 0.25) is 0 Å². The van der Waals surface area contributed by atoms with E-state index in [9.17, 15) is 8.42 Å². The minimum absolute atomic E-state index is 0.0159. The van der Waals surface area contributed by atoms with Crippen molar-refractivity contribution in [3.8, 4) is 0 Å². The molecule has 0 bridgehead atoms. The Kier molecular flexibility index (Phi) is 6.02. The lowest BCUT2D eigenvalue weighted by Crippen LogP contribution is -2.52. The van der Waals surface area contributed by atoms with E-state index in [1.165, 1.54) is 0 Å². The van der Waals surface area contributed by atoms with E-state index >= 15 is 0 Å². The monoisotopic (exact) mass is 320 g/mol. The fourth-order valence-electron chi connectivity index (χ4n) is 3.41. The van der Waals surface area contributed by atoms with E-state index in [2.05, 4.69) is 13.8 Å². The number of ether oxygens (including phenoxy) is 1. The van der Waals surface area contributed by atoms with Crippen molar-refractivity contribution < 1.29 is 18.3 Å². The van der Waals surface area contributed by atoms with Crippen LogP contribution in [0, 0.1) is 11.8 Å². The van der Waals surface area contributed by atoms with Gasteiger partial charge in [-0.05, 0) is 31.1 Å². The summed E-state index contributed by atoms with van der Waals surface area (Å²) in [5.41, 5.74) is 0. The van der Waals surface area contributed by atoms with Gasteiger partial charge in [-0.25, -0.2) is 0 Å². The highest BCUT2D eigenvalue weighted by Crippen LogP contribution is 2.26. The Morgan fingerprint density at radius 1 is 1.10 bits per heavy atom. The van der Waals surface area contributed by atoms with E-state index < -0.39 is 10.2 Å². The lowest BCUT2D eigenvalue weighted by Gasteiger charge is -2.39. The molecule has 0 aromatic heterocycles. The predicted octanol–water partition coefficient (Wildman–Crippen LogP) is 0.682. The Hall–Kier alpha value is -0.210. The maximum atomic E-state index is 12.7. The van der Waals surface area contributed by atoms with Crippen molar-refractivity contribution in [2.75, 3.05) is 39.4 Å². The molecule has 2 unspecified atom stereocenters. The molecule has 0 radical (unpaired) electrons. The van der Waals surface area contributed by atoms with Crippen LogP contribution in [0.25, 0.3) is 0 Å². The summed E-state index contributed by atoms with van der Waals surface area (Å²) in [7, 11) is -3.33. The van der Waals surface area contributed by atoms with E-state index in [4.69, 9.17) is 9.84 Å². The zero-order valence-corrected chi connectivity index (χ0v) is 13.9. The highest BCUT2D eigenvalue weighted by atomic mass is 32.2. The Morgan fingerprint density at radius 3 is 2.19 bits per heavy atom. The van der Waals surface area contributed by atoms with E-state index in [-0.39, 0.29) is 12.7 Å². The van der Waals surface area contributed by atoms with Gasteiger partial charge in [0.1, 0.15) is 0 Å². The number of hydrogen-bond donors (Lipinski definition) is 1. The van der Waals surface area contributed by atoms with E-state index in [0.29, 0.717) is 57.5 Å². The van der Waals surface area contributed by atoms with Crippen LogP contribution in [0.2, 0.25) is 0 Å². The molecule has 2 heterocycles. The molecule has 6 nitrogen and oxygen atoms in total. The first kappa shape index (κ1) is 17.1. The molecule has 2 rings (SSSR count). The highest BCUT2D eigenvalue weighted by Gasteiger charge is 2.36. The summed E-state index contributed by atoms with van der Waals surface area (Å²) in [5.74, 6) is 0.850. The number of hydrogen-bond acceptors (Lipinski definition) is 4. The standard InChI is InChI=1S/C14H28N2O4S/c1-12-9-13(2)11-16(10-12)21(18,19)15-5-3-14(4-6-15)20-8-7-17/h12-14,17H,3-11H2,1-2H3. The molecule has 21 heavy (non-hydrogen) atoms. The highest BCUT2D eigenvalue weighted by molar-refractivity contribution is 7.86. The zero-order chi connectivity index (χ0) is 15.5. The molecular weight excluding hydrogens is 292 g/mol. The van der Waals surface area contributed by atoms with Gasteiger partial charge in [0.15, 0.2) is 0 Å². The minimum atomic E-state index is -3.33. The molecule has 0 spiro atoms. The van der Waals surface area contributed by atoms with Gasteiger partial charge in [-0.15, -0.1) is 0 Å². The van der Waals surface area contributed by atoms with Crippen molar-refractivity contribution in [2.45, 2.75) is 39.2 Å². The van der Waals surface area contributed by atoms with Crippen molar-refractivity contribution in [3.05, 3.63) is 0 Å². The molecule has 1 N–H and O–H groups in total. The molecule has 0 saturated carbocycles. The summed E-state index contributed by atoms with van der Waals surface area (Å²) in [6.45, 7) is 6.87. The van der Waals surface area contributed by atoms with Gasteiger partial charge >= 0.3 is 0 Å². The Morgan fingerprint density at radius 2 is 1.67 bits per heavy atom. The second kappa shape index (κ2) is 7.37. The van der Waals surface area contributed by atoms with Crippen LogP contribution in [-0.4, -0.2) is 67.6 Å². The molecule has 0 aromatic rings. The van der Waals surface area contributed by atoms with Crippen LogP contribution in [0.4, 0.5) is 0 Å². The maximum absolute atomic E-state index is 12.7. The van der Waals surface area contributed by atoms with Gasteiger partial charge in [-0.2, -0.15) is 17.0 Å². The molecule has 2 atom stereocenters. The second-order valence-electron chi connectivity index (χ2n) is 6.46. The average molecular weight is 320 g/mol. The van der Waals surface area contributed by atoms with Crippen LogP contribution in [0.15, 0.2) is 0 Å². The summed E-state index contributed by atoms with van der Waals surface area (Å²) >= 11 is 0. The average Bonchev–Trinajstić information content (AvgIpc) is 2.44. The number of aliphatic hydroxyl groups excluding tert-OH is 1. The topological polar surface area (TPSA) is 70.1 Å². The summed E-state index contributed by atoms with van der Waals surface area (Å²) in [5, 5.41) is 8.76. The van der Waals surface area contributed by atoms with Crippen LogP contribution in [-0.2, 0) is 14.9 Å². The van der Waals surface area contributed by atoms with Crippen molar-refractivity contribution in [1.82, 2.24) is 8.61 Å². The molecule has 7 heteroatoms. The first-order chi connectivity index (χ1) is 9.93. The van der Waals surface area contributed by atoms with Crippen LogP contribution in [0.3, 0.4) is 0 Å². The third-order valence-electron chi connectivity index (χ3n) is 4.33. The Balaban J connectivity index is 1.92. The lowest BCUT2D eigenvalue weighted by atomic mass is 9.94. The summed E-state index contributed by atoms with van der Waals surface area (Å²) in [4.78, 5) is 0. The molecule has 0 amide bonds. The second-order valence-corrected chi connectivity index (χ2v) is 8.39. The van der Waals surface area contributed by atoms with Crippen LogP contribution >= 0.6 is 0 Å². The van der Waals surface area contributed by atoms with Gasteiger partial charge in [-0.1, -0.05) is 13.8 Å². The predicted molar refractivity (Wildman–Crippen MR) is 81.1 cm³/mol. The number of piperidine rings is 2. The third-order valence-corrected chi connectivity index (χ3v) is 6.30. The van der Waals surface area contributed by atoms with Gasteiger partial charge in [-0.3, -0.25) is 0 Å². The normalized spacial score (nSPS) is 30.6. The van der Waals surface area contributed by atoms with E-state index in [1.54, 1.807) is 8.61 Å². The van der Waals surface area contributed by atoms with Crippen molar-refractivity contribution >= 4 is 10.2 Å². The quantitative estimate of drug-likeness (QED) is 0.809. The minimum Gasteiger partial charge on any atom is -0.394 e. The SMILES string of the molecule is CC1CC(C)CN(S(=O)(=O)N2CCC(OCCO)CC2)C1. The van der Waals surface area contributed by atoms with Crippen molar-refractivity contribution in [2.24, 2.45) is 11.8 Å². The van der Waals surface area contributed by atoms with Gasteiger partial charge in [0.25, 0.3) is 10.2 Å². The zero-order valence-electron chi connectivity index (χ0n) is 13.1.